The number of sulfonamides is 1. The quantitative estimate of drug-likeness (QED) is 0.623. The largest absolute Gasteiger partial charge is 0.504 e. The number of aromatic hydroxyl groups is 1. The fourth-order valence-corrected chi connectivity index (χ4v) is 3.77. The van der Waals surface area contributed by atoms with Crippen LogP contribution in [0, 0.1) is 11.3 Å². The average molecular weight is 384 g/mol. The van der Waals surface area contributed by atoms with E-state index in [-0.39, 0.29) is 35.2 Å². The van der Waals surface area contributed by atoms with Gasteiger partial charge in [0.1, 0.15) is 4.90 Å². The smallest absolute Gasteiger partial charge is 0.285 e. The van der Waals surface area contributed by atoms with Crippen molar-refractivity contribution < 1.29 is 18.3 Å². The molecule has 0 radical (unpaired) electrons. The van der Waals surface area contributed by atoms with E-state index in [9.17, 15) is 13.5 Å². The number of hydrogen-bond acceptors (Lipinski definition) is 7. The second-order valence-corrected chi connectivity index (χ2v) is 7.17. The Morgan fingerprint density at radius 1 is 1.33 bits per heavy atom. The van der Waals surface area contributed by atoms with Gasteiger partial charge < -0.3 is 9.84 Å². The highest BCUT2D eigenvalue weighted by molar-refractivity contribution is 7.90. The van der Waals surface area contributed by atoms with E-state index in [1.165, 1.54) is 30.5 Å². The molecule has 0 bridgehead atoms. The van der Waals surface area contributed by atoms with Gasteiger partial charge in [-0.3, -0.25) is 0 Å². The van der Waals surface area contributed by atoms with Crippen LogP contribution in [0.5, 0.6) is 11.5 Å². The lowest BCUT2D eigenvalue weighted by Crippen LogP contribution is -2.27. The van der Waals surface area contributed by atoms with Gasteiger partial charge in [-0.25, -0.2) is 5.01 Å². The maximum Gasteiger partial charge on any atom is 0.285 e. The highest BCUT2D eigenvalue weighted by Crippen LogP contribution is 2.28. The summed E-state index contributed by atoms with van der Waals surface area (Å²) >= 11 is 0. The lowest BCUT2D eigenvalue weighted by Gasteiger charge is -2.17. The summed E-state index contributed by atoms with van der Waals surface area (Å²) in [7, 11) is -2.35. The summed E-state index contributed by atoms with van der Waals surface area (Å²) < 4.78 is 33.4. The highest BCUT2D eigenvalue weighted by Gasteiger charge is 2.31. The molecule has 3 rings (SSSR count). The van der Waals surface area contributed by atoms with Gasteiger partial charge in [0.2, 0.25) is 0 Å². The summed E-state index contributed by atoms with van der Waals surface area (Å²) in [6.07, 6.45) is 1.62. The molecule has 0 saturated carbocycles. The third kappa shape index (κ3) is 3.75. The first kappa shape index (κ1) is 18.4. The van der Waals surface area contributed by atoms with Crippen LogP contribution in [-0.4, -0.2) is 44.2 Å². The molecular formula is C18H16N4O4S. The monoisotopic (exact) mass is 384 g/mol. The first-order valence-electron chi connectivity index (χ1n) is 7.96. The van der Waals surface area contributed by atoms with Crippen molar-refractivity contribution in [1.29, 1.82) is 5.26 Å². The fourth-order valence-electron chi connectivity index (χ4n) is 2.56. The Balaban J connectivity index is 1.97. The van der Waals surface area contributed by atoms with Gasteiger partial charge in [-0.1, -0.05) is 12.1 Å². The van der Waals surface area contributed by atoms with Crippen molar-refractivity contribution in [2.24, 2.45) is 9.50 Å². The maximum atomic E-state index is 12.3. The molecule has 0 aromatic heterocycles. The molecular weight excluding hydrogens is 368 g/mol. The number of fused-ring (bicyclic) bond motifs is 1. The van der Waals surface area contributed by atoms with Gasteiger partial charge in [-0.05, 0) is 35.9 Å². The van der Waals surface area contributed by atoms with Crippen molar-refractivity contribution in [3.63, 3.8) is 0 Å². The van der Waals surface area contributed by atoms with Crippen LogP contribution in [-0.2, 0) is 10.0 Å². The number of phenols is 1. The standard InChI is InChI=1S/C18H16N4O4S/c1-26-16-11-13(7-8-15(16)23)12-20-22(10-4-9-19)18-14-5-2-3-6-17(14)27(24,25)21-18/h2-3,5-8,11-12,23H,4,10H2,1H3/b20-12+. The minimum Gasteiger partial charge on any atom is -0.504 e. The topological polar surface area (TPSA) is 115 Å². The van der Waals surface area contributed by atoms with Gasteiger partial charge in [0.15, 0.2) is 17.3 Å². The first-order valence-corrected chi connectivity index (χ1v) is 9.40. The number of methoxy groups -OCH3 is 1. The van der Waals surface area contributed by atoms with Crippen LogP contribution < -0.4 is 4.74 Å². The Bertz CT molecular complexity index is 1070. The van der Waals surface area contributed by atoms with Crippen molar-refractivity contribution in [2.75, 3.05) is 13.7 Å². The fraction of sp³-hybridized carbons (Fsp3) is 0.167. The summed E-state index contributed by atoms with van der Waals surface area (Å²) in [5.74, 6) is 0.452. The summed E-state index contributed by atoms with van der Waals surface area (Å²) in [5.41, 5.74) is 1.07. The van der Waals surface area contributed by atoms with Crippen LogP contribution in [0.25, 0.3) is 0 Å². The van der Waals surface area contributed by atoms with Crippen molar-refractivity contribution >= 4 is 22.1 Å². The third-order valence-corrected chi connectivity index (χ3v) is 5.17. The number of hydrazone groups is 1. The predicted molar refractivity (Wildman–Crippen MR) is 99.4 cm³/mol. The van der Waals surface area contributed by atoms with Crippen molar-refractivity contribution in [3.8, 4) is 17.6 Å². The lowest BCUT2D eigenvalue weighted by atomic mass is 10.2. The van der Waals surface area contributed by atoms with Crippen LogP contribution in [0.4, 0.5) is 0 Å². The van der Waals surface area contributed by atoms with Gasteiger partial charge in [-0.15, -0.1) is 4.40 Å². The van der Waals surface area contributed by atoms with Crippen molar-refractivity contribution in [2.45, 2.75) is 11.3 Å². The molecule has 2 aromatic rings. The molecule has 0 atom stereocenters. The average Bonchev–Trinajstić information content (AvgIpc) is 2.94. The van der Waals surface area contributed by atoms with Crippen LogP contribution in [0.3, 0.4) is 0 Å². The van der Waals surface area contributed by atoms with E-state index < -0.39 is 10.0 Å². The molecule has 0 amide bonds. The Kier molecular flexibility index (Phi) is 5.09. The molecule has 2 aromatic carbocycles. The number of benzene rings is 2. The minimum absolute atomic E-state index is 0.00354. The number of rotatable bonds is 5. The third-order valence-electron chi connectivity index (χ3n) is 3.84. The van der Waals surface area contributed by atoms with Crippen LogP contribution in [0.15, 0.2) is 56.9 Å². The van der Waals surface area contributed by atoms with Crippen LogP contribution >= 0.6 is 0 Å². The number of nitrogens with zero attached hydrogens (tertiary/aromatic N) is 4. The van der Waals surface area contributed by atoms with E-state index in [4.69, 9.17) is 10.00 Å². The maximum absolute atomic E-state index is 12.3. The van der Waals surface area contributed by atoms with Crippen LogP contribution in [0.2, 0.25) is 0 Å². The van der Waals surface area contributed by atoms with Gasteiger partial charge in [0.05, 0.1) is 32.4 Å². The zero-order chi connectivity index (χ0) is 19.4. The Labute approximate surface area is 156 Å². The Hall–Kier alpha value is -3.38. The van der Waals surface area contributed by atoms with E-state index in [0.717, 1.165) is 0 Å². The van der Waals surface area contributed by atoms with Gasteiger partial charge in [0, 0.05) is 5.56 Å². The van der Waals surface area contributed by atoms with Crippen molar-refractivity contribution in [3.05, 3.63) is 53.6 Å². The summed E-state index contributed by atoms with van der Waals surface area (Å²) in [5, 5.41) is 24.3. The van der Waals surface area contributed by atoms with Gasteiger partial charge in [-0.2, -0.15) is 18.8 Å². The molecule has 27 heavy (non-hydrogen) atoms. The number of hydrogen-bond donors (Lipinski definition) is 1. The molecule has 0 unspecified atom stereocenters. The molecule has 8 nitrogen and oxygen atoms in total. The van der Waals surface area contributed by atoms with Gasteiger partial charge >= 0.3 is 0 Å². The highest BCUT2D eigenvalue weighted by atomic mass is 32.2. The second-order valence-electron chi connectivity index (χ2n) is 5.59. The van der Waals surface area contributed by atoms with E-state index in [2.05, 4.69) is 9.50 Å². The molecule has 9 heteroatoms. The summed E-state index contributed by atoms with van der Waals surface area (Å²) in [4.78, 5) is 0.114. The zero-order valence-electron chi connectivity index (χ0n) is 14.4. The first-order chi connectivity index (χ1) is 13.0. The molecule has 0 spiro atoms. The minimum atomic E-state index is -3.79. The molecule has 0 aliphatic carbocycles. The number of nitriles is 1. The normalized spacial score (nSPS) is 14.4. The predicted octanol–water partition coefficient (Wildman–Crippen LogP) is 2.10. The molecule has 0 fully saturated rings. The molecule has 0 saturated heterocycles. The Morgan fingerprint density at radius 2 is 2.11 bits per heavy atom. The molecule has 1 aliphatic rings. The lowest BCUT2D eigenvalue weighted by molar-refractivity contribution is 0.373. The van der Waals surface area contributed by atoms with Gasteiger partial charge in [0.25, 0.3) is 10.0 Å². The number of ether oxygens (including phenoxy) is 1. The number of phenolic OH excluding ortho intramolecular Hbond substituents is 1. The molecule has 138 valence electrons. The molecule has 1 aliphatic heterocycles. The summed E-state index contributed by atoms with van der Waals surface area (Å²) in [6, 6.07) is 13.2. The van der Waals surface area contributed by atoms with E-state index >= 15 is 0 Å². The van der Waals surface area contributed by atoms with E-state index in [1.54, 1.807) is 30.3 Å². The summed E-state index contributed by atoms with van der Waals surface area (Å²) in [6.45, 7) is 0.172. The zero-order valence-corrected chi connectivity index (χ0v) is 15.2. The van der Waals surface area contributed by atoms with E-state index in [1.807, 2.05) is 6.07 Å². The van der Waals surface area contributed by atoms with Crippen molar-refractivity contribution in [1.82, 2.24) is 5.01 Å². The van der Waals surface area contributed by atoms with Crippen LogP contribution in [0.1, 0.15) is 17.5 Å². The number of amidine groups is 1. The second kappa shape index (κ2) is 7.47. The SMILES string of the molecule is COc1cc(/C=N/N(CCC#N)C2=NS(=O)(=O)c3ccccc32)ccc1O. The Morgan fingerprint density at radius 3 is 2.85 bits per heavy atom. The molecule has 1 N–H and O–H groups in total. The molecule has 1 heterocycles. The van der Waals surface area contributed by atoms with E-state index in [0.29, 0.717) is 11.1 Å².